The summed E-state index contributed by atoms with van der Waals surface area (Å²) >= 11 is 0. The zero-order valence-electron chi connectivity index (χ0n) is 15.6. The molecule has 0 fully saturated rings. The molecule has 0 spiro atoms. The number of hydrogen-bond acceptors (Lipinski definition) is 5. The molecule has 0 aliphatic carbocycles. The standard InChI is InChI=1S/C20H26N2O4.ClH/c1-24-18-8-6-15(7-9-18)13-26-14-16-4-3-5-17(10-16)22-20(23)11-19(12-21)25-2;/h3-10,19H,11-14,21H2,1-2H3,(H,22,23);1H. The molecule has 1 atom stereocenters. The second-order valence-corrected chi connectivity index (χ2v) is 5.89. The number of amides is 1. The lowest BCUT2D eigenvalue weighted by molar-refractivity contribution is -0.118. The van der Waals surface area contributed by atoms with E-state index in [9.17, 15) is 4.79 Å². The highest BCUT2D eigenvalue weighted by Crippen LogP contribution is 2.15. The molecule has 0 heterocycles. The average molecular weight is 395 g/mol. The fourth-order valence-corrected chi connectivity index (χ4v) is 2.43. The molecule has 2 aromatic rings. The molecule has 1 unspecified atom stereocenters. The Hall–Kier alpha value is -2.12. The van der Waals surface area contributed by atoms with Crippen LogP contribution in [0.15, 0.2) is 48.5 Å². The van der Waals surface area contributed by atoms with Crippen molar-refractivity contribution in [2.45, 2.75) is 25.7 Å². The monoisotopic (exact) mass is 394 g/mol. The first kappa shape index (κ1) is 22.9. The van der Waals surface area contributed by atoms with E-state index in [2.05, 4.69) is 5.32 Å². The highest BCUT2D eigenvalue weighted by Gasteiger charge is 2.11. The van der Waals surface area contributed by atoms with E-state index < -0.39 is 0 Å². The van der Waals surface area contributed by atoms with Crippen LogP contribution in [0.25, 0.3) is 0 Å². The van der Waals surface area contributed by atoms with Crippen LogP contribution in [0.2, 0.25) is 0 Å². The fourth-order valence-electron chi connectivity index (χ4n) is 2.43. The Kier molecular flexibility index (Phi) is 10.4. The molecule has 3 N–H and O–H groups in total. The molecule has 0 saturated heterocycles. The molecule has 6 nitrogen and oxygen atoms in total. The number of ether oxygens (including phenoxy) is 3. The van der Waals surface area contributed by atoms with E-state index in [0.717, 1.165) is 22.6 Å². The quantitative estimate of drug-likeness (QED) is 0.646. The van der Waals surface area contributed by atoms with Crippen molar-refractivity contribution in [3.63, 3.8) is 0 Å². The Morgan fingerprint density at radius 2 is 1.78 bits per heavy atom. The number of nitrogens with one attached hydrogen (secondary N) is 1. The van der Waals surface area contributed by atoms with E-state index in [1.54, 1.807) is 14.2 Å². The Morgan fingerprint density at radius 1 is 1.07 bits per heavy atom. The SMILES string of the molecule is COc1ccc(COCc2cccc(NC(=O)CC(CN)OC)c2)cc1.Cl. The van der Waals surface area contributed by atoms with Crippen LogP contribution >= 0.6 is 12.4 Å². The number of carbonyl (C=O) groups excluding carboxylic acids is 1. The molecule has 0 aromatic heterocycles. The van der Waals surface area contributed by atoms with Crippen LogP contribution in [0.1, 0.15) is 17.5 Å². The van der Waals surface area contributed by atoms with Crippen molar-refractivity contribution in [1.29, 1.82) is 0 Å². The zero-order chi connectivity index (χ0) is 18.8. The average Bonchev–Trinajstić information content (AvgIpc) is 2.67. The first-order valence-corrected chi connectivity index (χ1v) is 8.47. The lowest BCUT2D eigenvalue weighted by Gasteiger charge is -2.13. The maximum absolute atomic E-state index is 12.0. The van der Waals surface area contributed by atoms with Crippen LogP contribution in [-0.4, -0.2) is 32.8 Å². The summed E-state index contributed by atoms with van der Waals surface area (Å²) in [4.78, 5) is 12.0. The molecule has 27 heavy (non-hydrogen) atoms. The lowest BCUT2D eigenvalue weighted by Crippen LogP contribution is -2.28. The van der Waals surface area contributed by atoms with Gasteiger partial charge in [0.15, 0.2) is 0 Å². The van der Waals surface area contributed by atoms with Gasteiger partial charge in [0.1, 0.15) is 5.75 Å². The number of hydrogen-bond donors (Lipinski definition) is 2. The van der Waals surface area contributed by atoms with Crippen LogP contribution in [0.5, 0.6) is 5.75 Å². The minimum absolute atomic E-state index is 0. The van der Waals surface area contributed by atoms with Crippen molar-refractivity contribution in [3.8, 4) is 5.75 Å². The molecule has 2 rings (SSSR count). The van der Waals surface area contributed by atoms with E-state index in [1.165, 1.54) is 0 Å². The summed E-state index contributed by atoms with van der Waals surface area (Å²) in [5.74, 6) is 0.696. The summed E-state index contributed by atoms with van der Waals surface area (Å²) in [5, 5.41) is 2.86. The molecule has 0 bridgehead atoms. The topological polar surface area (TPSA) is 82.8 Å². The minimum atomic E-state index is -0.272. The van der Waals surface area contributed by atoms with Crippen molar-refractivity contribution < 1.29 is 19.0 Å². The number of anilines is 1. The van der Waals surface area contributed by atoms with Crippen molar-refractivity contribution >= 4 is 24.0 Å². The van der Waals surface area contributed by atoms with Crippen LogP contribution in [0.4, 0.5) is 5.69 Å². The van der Waals surface area contributed by atoms with E-state index >= 15 is 0 Å². The van der Waals surface area contributed by atoms with Crippen molar-refractivity contribution in [2.75, 3.05) is 26.1 Å². The highest BCUT2D eigenvalue weighted by atomic mass is 35.5. The lowest BCUT2D eigenvalue weighted by atomic mass is 10.2. The Labute approximate surface area is 166 Å². The first-order valence-electron chi connectivity index (χ1n) is 8.47. The third-order valence-corrected chi connectivity index (χ3v) is 3.92. The van der Waals surface area contributed by atoms with Gasteiger partial charge < -0.3 is 25.3 Å². The van der Waals surface area contributed by atoms with Gasteiger partial charge in [0.25, 0.3) is 0 Å². The summed E-state index contributed by atoms with van der Waals surface area (Å²) in [6, 6.07) is 15.3. The molecule has 148 valence electrons. The number of nitrogens with two attached hydrogens (primary N) is 1. The predicted molar refractivity (Wildman–Crippen MR) is 108 cm³/mol. The van der Waals surface area contributed by atoms with Gasteiger partial charge in [-0.15, -0.1) is 12.4 Å². The van der Waals surface area contributed by atoms with E-state index in [0.29, 0.717) is 19.8 Å². The third kappa shape index (κ3) is 7.97. The zero-order valence-corrected chi connectivity index (χ0v) is 16.5. The van der Waals surface area contributed by atoms with Gasteiger partial charge in [-0.3, -0.25) is 4.79 Å². The molecular weight excluding hydrogens is 368 g/mol. The maximum atomic E-state index is 12.0. The summed E-state index contributed by atoms with van der Waals surface area (Å²) in [7, 11) is 3.19. The van der Waals surface area contributed by atoms with Gasteiger partial charge in [-0.25, -0.2) is 0 Å². The normalized spacial score (nSPS) is 11.4. The summed E-state index contributed by atoms with van der Waals surface area (Å²) in [6.07, 6.45) is -0.0448. The maximum Gasteiger partial charge on any atom is 0.227 e. The molecule has 0 aliphatic rings. The smallest absolute Gasteiger partial charge is 0.227 e. The van der Waals surface area contributed by atoms with E-state index in [-0.39, 0.29) is 30.8 Å². The van der Waals surface area contributed by atoms with Gasteiger partial charge in [0, 0.05) is 19.3 Å². The van der Waals surface area contributed by atoms with Crippen molar-refractivity contribution in [1.82, 2.24) is 0 Å². The van der Waals surface area contributed by atoms with Crippen LogP contribution < -0.4 is 15.8 Å². The predicted octanol–water partition coefficient (Wildman–Crippen LogP) is 3.14. The molecule has 0 radical (unpaired) electrons. The number of rotatable bonds is 10. The van der Waals surface area contributed by atoms with Gasteiger partial charge >= 0.3 is 0 Å². The van der Waals surface area contributed by atoms with Crippen LogP contribution in [0, 0.1) is 0 Å². The third-order valence-electron chi connectivity index (χ3n) is 3.92. The molecule has 1 amide bonds. The summed E-state index contributed by atoms with van der Waals surface area (Å²) < 4.78 is 16.0. The van der Waals surface area contributed by atoms with E-state index in [1.807, 2.05) is 48.5 Å². The van der Waals surface area contributed by atoms with Gasteiger partial charge in [0.05, 0.1) is 32.8 Å². The molecule has 0 saturated carbocycles. The van der Waals surface area contributed by atoms with Crippen LogP contribution in [0.3, 0.4) is 0 Å². The number of halogens is 1. The van der Waals surface area contributed by atoms with Crippen molar-refractivity contribution in [2.24, 2.45) is 5.73 Å². The van der Waals surface area contributed by atoms with Crippen LogP contribution in [-0.2, 0) is 27.5 Å². The van der Waals surface area contributed by atoms with Gasteiger partial charge in [-0.05, 0) is 35.4 Å². The number of benzene rings is 2. The molecule has 7 heteroatoms. The van der Waals surface area contributed by atoms with Gasteiger partial charge in [-0.1, -0.05) is 24.3 Å². The molecular formula is C20H27ClN2O4. The summed E-state index contributed by atoms with van der Waals surface area (Å²) in [5.41, 5.74) is 8.33. The number of methoxy groups -OCH3 is 2. The Morgan fingerprint density at radius 3 is 2.41 bits per heavy atom. The van der Waals surface area contributed by atoms with Gasteiger partial charge in [-0.2, -0.15) is 0 Å². The Balaban J connectivity index is 0.00000364. The first-order chi connectivity index (χ1) is 12.6. The summed E-state index contributed by atoms with van der Waals surface area (Å²) in [6.45, 7) is 1.27. The minimum Gasteiger partial charge on any atom is -0.497 e. The second kappa shape index (κ2) is 12.3. The largest absolute Gasteiger partial charge is 0.497 e. The highest BCUT2D eigenvalue weighted by molar-refractivity contribution is 5.91. The fraction of sp³-hybridized carbons (Fsp3) is 0.350. The van der Waals surface area contributed by atoms with E-state index in [4.69, 9.17) is 19.9 Å². The molecule has 2 aromatic carbocycles. The molecule has 0 aliphatic heterocycles. The van der Waals surface area contributed by atoms with Gasteiger partial charge in [0.2, 0.25) is 5.91 Å². The Bertz CT molecular complexity index is 691. The number of carbonyl (C=O) groups is 1. The van der Waals surface area contributed by atoms with Crippen molar-refractivity contribution in [3.05, 3.63) is 59.7 Å². The second-order valence-electron chi connectivity index (χ2n) is 5.89.